The van der Waals surface area contributed by atoms with Crippen LogP contribution in [0.25, 0.3) is 0 Å². The second-order valence-corrected chi connectivity index (χ2v) is 5.39. The van der Waals surface area contributed by atoms with Crippen molar-refractivity contribution >= 4 is 5.78 Å². The van der Waals surface area contributed by atoms with Gasteiger partial charge < -0.3 is 4.74 Å². The number of hydrogen-bond donors (Lipinski definition) is 0. The zero-order chi connectivity index (χ0) is 14.7. The Morgan fingerprint density at radius 2 is 1.86 bits per heavy atom. The molecule has 0 saturated carbocycles. The molecule has 3 nitrogen and oxygen atoms in total. The Morgan fingerprint density at radius 1 is 1.10 bits per heavy atom. The number of carbonyl (C=O) groups excluding carboxylic acids is 1. The summed E-state index contributed by atoms with van der Waals surface area (Å²) in [7, 11) is 1.61. The van der Waals surface area contributed by atoms with E-state index in [2.05, 4.69) is 4.90 Å². The van der Waals surface area contributed by atoms with Crippen molar-refractivity contribution in [2.24, 2.45) is 0 Å². The molecule has 3 rings (SSSR count). The van der Waals surface area contributed by atoms with Crippen LogP contribution in [0.2, 0.25) is 0 Å². The summed E-state index contributed by atoms with van der Waals surface area (Å²) in [5.41, 5.74) is 2.64. The third-order valence-electron chi connectivity index (χ3n) is 3.90. The van der Waals surface area contributed by atoms with Gasteiger partial charge in [0.15, 0.2) is 5.78 Å². The first-order valence-corrected chi connectivity index (χ1v) is 7.26. The fourth-order valence-corrected chi connectivity index (χ4v) is 2.49. The summed E-state index contributed by atoms with van der Waals surface area (Å²) in [4.78, 5) is 14.9. The Labute approximate surface area is 125 Å². The highest BCUT2D eigenvalue weighted by Crippen LogP contribution is 2.18. The van der Waals surface area contributed by atoms with Gasteiger partial charge in [0, 0.05) is 17.7 Å². The predicted molar refractivity (Wildman–Crippen MR) is 82.8 cm³/mol. The van der Waals surface area contributed by atoms with E-state index in [1.54, 1.807) is 13.2 Å². The van der Waals surface area contributed by atoms with E-state index < -0.39 is 0 Å². The molecule has 0 unspecified atom stereocenters. The summed E-state index contributed by atoms with van der Waals surface area (Å²) in [5, 5.41) is 0. The first kappa shape index (κ1) is 13.8. The van der Waals surface area contributed by atoms with Crippen LogP contribution in [0.4, 0.5) is 0 Å². The molecule has 0 N–H and O–H groups in total. The van der Waals surface area contributed by atoms with Crippen LogP contribution in [0.3, 0.4) is 0 Å². The van der Waals surface area contributed by atoms with E-state index in [-0.39, 0.29) is 5.78 Å². The number of ether oxygens (including phenoxy) is 1. The van der Waals surface area contributed by atoms with Crippen LogP contribution in [0, 0.1) is 0 Å². The topological polar surface area (TPSA) is 29.5 Å². The zero-order valence-corrected chi connectivity index (χ0v) is 12.2. The highest BCUT2D eigenvalue weighted by atomic mass is 16.5. The zero-order valence-electron chi connectivity index (χ0n) is 12.2. The lowest BCUT2D eigenvalue weighted by Gasteiger charge is -2.30. The van der Waals surface area contributed by atoms with Gasteiger partial charge >= 0.3 is 0 Å². The van der Waals surface area contributed by atoms with Crippen LogP contribution in [0.5, 0.6) is 5.75 Å². The average Bonchev–Trinajstić information content (AvgIpc) is 2.51. The first-order chi connectivity index (χ1) is 10.3. The fourth-order valence-electron chi connectivity index (χ4n) is 2.49. The Hall–Kier alpha value is -2.13. The lowest BCUT2D eigenvalue weighted by Crippen LogP contribution is -2.36. The molecule has 1 aliphatic rings. The van der Waals surface area contributed by atoms with Crippen LogP contribution in [0.15, 0.2) is 48.5 Å². The molecule has 1 fully saturated rings. The molecule has 0 atom stereocenters. The van der Waals surface area contributed by atoms with Crippen LogP contribution in [0.1, 0.15) is 27.9 Å². The minimum absolute atomic E-state index is 0.0319. The second-order valence-electron chi connectivity index (χ2n) is 5.39. The molecule has 0 radical (unpaired) electrons. The third-order valence-corrected chi connectivity index (χ3v) is 3.90. The van der Waals surface area contributed by atoms with Gasteiger partial charge in [0.25, 0.3) is 0 Å². The Kier molecular flexibility index (Phi) is 4.02. The first-order valence-electron chi connectivity index (χ1n) is 7.26. The summed E-state index contributed by atoms with van der Waals surface area (Å²) in [6, 6.07) is 15.2. The van der Waals surface area contributed by atoms with E-state index in [4.69, 9.17) is 4.74 Å². The van der Waals surface area contributed by atoms with Gasteiger partial charge in [-0.3, -0.25) is 9.69 Å². The fraction of sp³-hybridized carbons (Fsp3) is 0.278. The maximum atomic E-state index is 12.4. The van der Waals surface area contributed by atoms with E-state index in [0.717, 1.165) is 12.1 Å². The van der Waals surface area contributed by atoms with Crippen molar-refractivity contribution in [2.45, 2.75) is 13.0 Å². The van der Waals surface area contributed by atoms with Gasteiger partial charge in [0.1, 0.15) is 5.75 Å². The highest BCUT2D eigenvalue weighted by Gasteiger charge is 2.14. The Balaban J connectivity index is 1.74. The quantitative estimate of drug-likeness (QED) is 0.789. The number of ketones is 1. The maximum Gasteiger partial charge on any atom is 0.193 e. The van der Waals surface area contributed by atoms with Gasteiger partial charge in [-0.05, 0) is 37.2 Å². The van der Waals surface area contributed by atoms with Gasteiger partial charge in [-0.1, -0.05) is 36.4 Å². The standard InChI is InChI=1S/C18H19NO2/c1-21-17-5-2-4-16(12-17)18(20)15-8-6-14(7-9-15)13-19-10-3-11-19/h2,4-9,12H,3,10-11,13H2,1H3. The molecule has 2 aromatic carbocycles. The summed E-state index contributed by atoms with van der Waals surface area (Å²) in [5.74, 6) is 0.736. The van der Waals surface area contributed by atoms with E-state index in [9.17, 15) is 4.79 Å². The normalized spacial score (nSPS) is 14.5. The molecule has 0 amide bonds. The third kappa shape index (κ3) is 3.14. The Bertz CT molecular complexity index is 630. The Morgan fingerprint density at radius 3 is 2.48 bits per heavy atom. The molecule has 21 heavy (non-hydrogen) atoms. The molecule has 0 spiro atoms. The van der Waals surface area contributed by atoms with E-state index in [0.29, 0.717) is 11.3 Å². The minimum Gasteiger partial charge on any atom is -0.497 e. The monoisotopic (exact) mass is 281 g/mol. The van der Waals surface area contributed by atoms with Crippen molar-refractivity contribution in [3.8, 4) is 5.75 Å². The molecule has 1 heterocycles. The largest absolute Gasteiger partial charge is 0.497 e. The van der Waals surface area contributed by atoms with Crippen LogP contribution in [-0.2, 0) is 6.54 Å². The van der Waals surface area contributed by atoms with Crippen molar-refractivity contribution < 1.29 is 9.53 Å². The predicted octanol–water partition coefficient (Wildman–Crippen LogP) is 3.13. The van der Waals surface area contributed by atoms with Crippen LogP contribution >= 0.6 is 0 Å². The molecule has 0 aliphatic carbocycles. The molecule has 1 saturated heterocycles. The lowest BCUT2D eigenvalue weighted by molar-refractivity contribution is 0.103. The number of likely N-dealkylation sites (tertiary alicyclic amines) is 1. The van der Waals surface area contributed by atoms with Gasteiger partial charge in [-0.25, -0.2) is 0 Å². The maximum absolute atomic E-state index is 12.4. The van der Waals surface area contributed by atoms with Crippen molar-refractivity contribution in [3.63, 3.8) is 0 Å². The molecule has 2 aromatic rings. The molecular weight excluding hydrogens is 262 g/mol. The van der Waals surface area contributed by atoms with Crippen LogP contribution < -0.4 is 4.74 Å². The van der Waals surface area contributed by atoms with Crippen molar-refractivity contribution in [1.82, 2.24) is 4.90 Å². The summed E-state index contributed by atoms with van der Waals surface area (Å²) in [6.45, 7) is 3.35. The SMILES string of the molecule is COc1cccc(C(=O)c2ccc(CN3CCC3)cc2)c1. The molecular formula is C18H19NO2. The lowest BCUT2D eigenvalue weighted by atomic mass is 10.0. The van der Waals surface area contributed by atoms with E-state index in [1.165, 1.54) is 25.1 Å². The molecule has 0 bridgehead atoms. The highest BCUT2D eigenvalue weighted by molar-refractivity contribution is 6.09. The second kappa shape index (κ2) is 6.10. The molecule has 108 valence electrons. The van der Waals surface area contributed by atoms with Crippen molar-refractivity contribution in [3.05, 3.63) is 65.2 Å². The summed E-state index contributed by atoms with van der Waals surface area (Å²) < 4.78 is 5.16. The van der Waals surface area contributed by atoms with E-state index >= 15 is 0 Å². The van der Waals surface area contributed by atoms with Gasteiger partial charge in [-0.15, -0.1) is 0 Å². The van der Waals surface area contributed by atoms with Crippen molar-refractivity contribution in [2.75, 3.05) is 20.2 Å². The van der Waals surface area contributed by atoms with Crippen molar-refractivity contribution in [1.29, 1.82) is 0 Å². The number of rotatable bonds is 5. The number of nitrogens with zero attached hydrogens (tertiary/aromatic N) is 1. The number of carbonyl (C=O) groups is 1. The van der Waals surface area contributed by atoms with Gasteiger partial charge in [-0.2, -0.15) is 0 Å². The number of hydrogen-bond acceptors (Lipinski definition) is 3. The van der Waals surface area contributed by atoms with E-state index in [1.807, 2.05) is 42.5 Å². The van der Waals surface area contributed by atoms with Crippen LogP contribution in [-0.4, -0.2) is 30.9 Å². The smallest absolute Gasteiger partial charge is 0.193 e. The summed E-state index contributed by atoms with van der Waals surface area (Å²) >= 11 is 0. The number of benzene rings is 2. The van der Waals surface area contributed by atoms with Gasteiger partial charge in [0.05, 0.1) is 7.11 Å². The summed E-state index contributed by atoms with van der Waals surface area (Å²) in [6.07, 6.45) is 1.30. The van der Waals surface area contributed by atoms with Gasteiger partial charge in [0.2, 0.25) is 0 Å². The average molecular weight is 281 g/mol. The number of methoxy groups -OCH3 is 1. The molecule has 1 aliphatic heterocycles. The molecule has 0 aromatic heterocycles. The minimum atomic E-state index is 0.0319. The molecule has 3 heteroatoms.